The van der Waals surface area contributed by atoms with Gasteiger partial charge in [0.25, 0.3) is 0 Å². The highest BCUT2D eigenvalue weighted by molar-refractivity contribution is 5.76. The molecule has 108 valence electrons. The predicted molar refractivity (Wildman–Crippen MR) is 76.1 cm³/mol. The van der Waals surface area contributed by atoms with Crippen LogP contribution in [0.25, 0.3) is 0 Å². The highest BCUT2D eigenvalue weighted by Gasteiger charge is 2.32. The lowest BCUT2D eigenvalue weighted by Crippen LogP contribution is -2.52. The molecule has 3 aliphatic rings. The molecule has 3 aliphatic heterocycles. The van der Waals surface area contributed by atoms with Crippen molar-refractivity contribution in [1.29, 1.82) is 0 Å². The molecule has 2 atom stereocenters. The number of fused-ring (bicyclic) bond motifs is 1. The molecule has 0 bridgehead atoms. The van der Waals surface area contributed by atoms with E-state index in [1.165, 1.54) is 38.6 Å². The van der Waals surface area contributed by atoms with E-state index in [2.05, 4.69) is 15.1 Å². The summed E-state index contributed by atoms with van der Waals surface area (Å²) in [6, 6.07) is 1.25. The second kappa shape index (κ2) is 6.23. The van der Waals surface area contributed by atoms with E-state index in [9.17, 15) is 4.79 Å². The smallest absolute Gasteiger partial charge is 0.222 e. The van der Waals surface area contributed by atoms with Crippen LogP contribution in [-0.4, -0.2) is 60.5 Å². The van der Waals surface area contributed by atoms with Crippen LogP contribution in [0.4, 0.5) is 0 Å². The fourth-order valence-corrected chi connectivity index (χ4v) is 3.84. The Kier molecular flexibility index (Phi) is 4.38. The first-order valence-corrected chi connectivity index (χ1v) is 8.08. The Bertz CT molecular complexity index is 315. The SMILES string of the molecule is O=C(CCC1CCCCN1)N1CCN2CCCC2C1. The molecule has 3 heterocycles. The fraction of sp³-hybridized carbons (Fsp3) is 0.933. The first kappa shape index (κ1) is 13.4. The molecule has 4 nitrogen and oxygen atoms in total. The summed E-state index contributed by atoms with van der Waals surface area (Å²) in [7, 11) is 0. The third-order valence-electron chi connectivity index (χ3n) is 5.06. The average Bonchev–Trinajstić information content (AvgIpc) is 2.93. The molecule has 1 amide bonds. The number of rotatable bonds is 3. The van der Waals surface area contributed by atoms with Gasteiger partial charge in [0.2, 0.25) is 5.91 Å². The summed E-state index contributed by atoms with van der Waals surface area (Å²) in [6.45, 7) is 5.42. The molecule has 0 aromatic carbocycles. The maximum Gasteiger partial charge on any atom is 0.222 e. The molecule has 0 aliphatic carbocycles. The van der Waals surface area contributed by atoms with E-state index in [4.69, 9.17) is 0 Å². The quantitative estimate of drug-likeness (QED) is 0.833. The minimum atomic E-state index is 0.388. The fourth-order valence-electron chi connectivity index (χ4n) is 3.84. The number of amides is 1. The van der Waals surface area contributed by atoms with Gasteiger partial charge in [-0.2, -0.15) is 0 Å². The molecule has 3 fully saturated rings. The molecule has 19 heavy (non-hydrogen) atoms. The van der Waals surface area contributed by atoms with Crippen molar-refractivity contribution < 1.29 is 4.79 Å². The second-order valence-electron chi connectivity index (χ2n) is 6.36. The summed E-state index contributed by atoms with van der Waals surface area (Å²) in [5.41, 5.74) is 0. The monoisotopic (exact) mass is 265 g/mol. The Labute approximate surface area is 116 Å². The molecule has 0 aromatic heterocycles. The molecule has 1 N–H and O–H groups in total. The number of hydrogen-bond donors (Lipinski definition) is 1. The maximum absolute atomic E-state index is 12.3. The summed E-state index contributed by atoms with van der Waals surface area (Å²) < 4.78 is 0. The summed E-state index contributed by atoms with van der Waals surface area (Å²) in [6.07, 6.45) is 8.26. The van der Waals surface area contributed by atoms with Crippen LogP contribution < -0.4 is 5.32 Å². The molecule has 0 aromatic rings. The minimum absolute atomic E-state index is 0.388. The number of carbonyl (C=O) groups is 1. The normalized spacial score (nSPS) is 32.3. The Hall–Kier alpha value is -0.610. The highest BCUT2D eigenvalue weighted by atomic mass is 16.2. The van der Waals surface area contributed by atoms with Gasteiger partial charge in [-0.3, -0.25) is 9.69 Å². The third kappa shape index (κ3) is 3.29. The Morgan fingerprint density at radius 1 is 1.11 bits per heavy atom. The van der Waals surface area contributed by atoms with Gasteiger partial charge < -0.3 is 10.2 Å². The zero-order chi connectivity index (χ0) is 13.1. The Balaban J connectivity index is 1.42. The Morgan fingerprint density at radius 3 is 2.89 bits per heavy atom. The largest absolute Gasteiger partial charge is 0.340 e. The van der Waals surface area contributed by atoms with Crippen LogP contribution in [0.3, 0.4) is 0 Å². The number of nitrogens with zero attached hydrogens (tertiary/aromatic N) is 2. The van der Waals surface area contributed by atoms with Gasteiger partial charge >= 0.3 is 0 Å². The topological polar surface area (TPSA) is 35.6 Å². The van der Waals surface area contributed by atoms with Crippen LogP contribution in [-0.2, 0) is 4.79 Å². The number of hydrogen-bond acceptors (Lipinski definition) is 3. The van der Waals surface area contributed by atoms with Crippen LogP contribution in [0.5, 0.6) is 0 Å². The molecule has 3 rings (SSSR count). The van der Waals surface area contributed by atoms with Crippen molar-refractivity contribution in [3.05, 3.63) is 0 Å². The van der Waals surface area contributed by atoms with Crippen LogP contribution >= 0.6 is 0 Å². The van der Waals surface area contributed by atoms with Crippen LogP contribution in [0.2, 0.25) is 0 Å². The van der Waals surface area contributed by atoms with Crippen LogP contribution in [0.1, 0.15) is 44.9 Å². The molecule has 0 radical (unpaired) electrons. The second-order valence-corrected chi connectivity index (χ2v) is 6.36. The van der Waals surface area contributed by atoms with Crippen molar-refractivity contribution in [2.45, 2.75) is 57.0 Å². The van der Waals surface area contributed by atoms with Gasteiger partial charge in [0.05, 0.1) is 0 Å². The van der Waals surface area contributed by atoms with Crippen LogP contribution in [0, 0.1) is 0 Å². The number of piperidine rings is 1. The molecule has 0 saturated carbocycles. The number of piperazine rings is 1. The van der Waals surface area contributed by atoms with Gasteiger partial charge in [0, 0.05) is 38.1 Å². The van der Waals surface area contributed by atoms with Gasteiger partial charge in [0.15, 0.2) is 0 Å². The molecule has 0 spiro atoms. The predicted octanol–water partition coefficient (Wildman–Crippen LogP) is 1.22. The lowest BCUT2D eigenvalue weighted by Gasteiger charge is -2.37. The van der Waals surface area contributed by atoms with Gasteiger partial charge in [-0.25, -0.2) is 0 Å². The van der Waals surface area contributed by atoms with Crippen molar-refractivity contribution >= 4 is 5.91 Å². The van der Waals surface area contributed by atoms with E-state index < -0.39 is 0 Å². The standard InChI is InChI=1S/C15H27N3O/c19-15(7-6-13-4-1-2-8-16-13)18-11-10-17-9-3-5-14(17)12-18/h13-14,16H,1-12H2. The van der Waals surface area contributed by atoms with Crippen molar-refractivity contribution in [2.75, 3.05) is 32.7 Å². The molecular formula is C15H27N3O. The molecule has 4 heteroatoms. The van der Waals surface area contributed by atoms with E-state index in [-0.39, 0.29) is 0 Å². The third-order valence-corrected chi connectivity index (χ3v) is 5.06. The highest BCUT2D eigenvalue weighted by Crippen LogP contribution is 2.22. The average molecular weight is 265 g/mol. The summed E-state index contributed by atoms with van der Waals surface area (Å²) in [4.78, 5) is 17.0. The molecular weight excluding hydrogens is 238 g/mol. The van der Waals surface area contributed by atoms with Gasteiger partial charge in [-0.05, 0) is 45.2 Å². The molecule has 2 unspecified atom stereocenters. The van der Waals surface area contributed by atoms with Crippen molar-refractivity contribution in [3.63, 3.8) is 0 Å². The summed E-state index contributed by atoms with van der Waals surface area (Å²) >= 11 is 0. The van der Waals surface area contributed by atoms with E-state index in [1.807, 2.05) is 0 Å². The zero-order valence-corrected chi connectivity index (χ0v) is 11.9. The Morgan fingerprint density at radius 2 is 2.05 bits per heavy atom. The first-order chi connectivity index (χ1) is 9.33. The van der Waals surface area contributed by atoms with Crippen molar-refractivity contribution in [2.24, 2.45) is 0 Å². The van der Waals surface area contributed by atoms with E-state index >= 15 is 0 Å². The van der Waals surface area contributed by atoms with Gasteiger partial charge in [-0.1, -0.05) is 6.42 Å². The van der Waals surface area contributed by atoms with E-state index in [0.717, 1.165) is 39.0 Å². The van der Waals surface area contributed by atoms with Crippen molar-refractivity contribution in [1.82, 2.24) is 15.1 Å². The summed E-state index contributed by atoms with van der Waals surface area (Å²) in [5, 5.41) is 3.54. The van der Waals surface area contributed by atoms with Gasteiger partial charge in [-0.15, -0.1) is 0 Å². The number of nitrogens with one attached hydrogen (secondary N) is 1. The zero-order valence-electron chi connectivity index (χ0n) is 11.9. The van der Waals surface area contributed by atoms with Gasteiger partial charge in [0.1, 0.15) is 0 Å². The summed E-state index contributed by atoms with van der Waals surface area (Å²) in [5.74, 6) is 0.388. The lowest BCUT2D eigenvalue weighted by atomic mass is 10.00. The first-order valence-electron chi connectivity index (χ1n) is 8.08. The maximum atomic E-state index is 12.3. The van der Waals surface area contributed by atoms with E-state index in [1.54, 1.807) is 0 Å². The van der Waals surface area contributed by atoms with Crippen LogP contribution in [0.15, 0.2) is 0 Å². The number of carbonyl (C=O) groups excluding carboxylic acids is 1. The molecule has 3 saturated heterocycles. The van der Waals surface area contributed by atoms with Crippen molar-refractivity contribution in [3.8, 4) is 0 Å². The minimum Gasteiger partial charge on any atom is -0.340 e. The van der Waals surface area contributed by atoms with E-state index in [0.29, 0.717) is 18.0 Å². The lowest BCUT2D eigenvalue weighted by molar-refractivity contribution is -0.134.